The second kappa shape index (κ2) is 5.96. The summed E-state index contributed by atoms with van der Waals surface area (Å²) < 4.78 is 41.2. The molecule has 0 saturated carbocycles. The Hall–Kier alpha value is -2.71. The van der Waals surface area contributed by atoms with Gasteiger partial charge in [-0.3, -0.25) is 4.79 Å². The van der Waals surface area contributed by atoms with Crippen LogP contribution in [0.4, 0.5) is 13.2 Å². The Balaban J connectivity index is 2.13. The minimum Gasteiger partial charge on any atom is -0.347 e. The number of alkyl halides is 3. The molecule has 9 heteroatoms. The predicted octanol–water partition coefficient (Wildman–Crippen LogP) is 2.52. The molecule has 22 heavy (non-hydrogen) atoms. The van der Waals surface area contributed by atoms with Crippen molar-refractivity contribution in [3.63, 3.8) is 0 Å². The molecule has 0 spiro atoms. The number of carbonyl (C=O) groups excluding carboxylic acids is 1. The number of hydrogen-bond donors (Lipinski definition) is 2. The molecule has 0 radical (unpaired) electrons. The third-order valence-electron chi connectivity index (χ3n) is 2.59. The van der Waals surface area contributed by atoms with Crippen LogP contribution in [0.5, 0.6) is 0 Å². The van der Waals surface area contributed by atoms with Gasteiger partial charge in [-0.15, -0.1) is 0 Å². The van der Waals surface area contributed by atoms with Crippen molar-refractivity contribution in [2.24, 2.45) is 0 Å². The Bertz CT molecular complexity index is 692. The molecule has 0 aliphatic heterocycles. The molecule has 1 aromatic carbocycles. The fourth-order valence-electron chi connectivity index (χ4n) is 1.54. The average molecular weight is 312 g/mol. The minimum atomic E-state index is -4.70. The second-order valence-corrected chi connectivity index (χ2v) is 4.46. The number of aromatic nitrogens is 2. The van der Waals surface area contributed by atoms with Crippen molar-refractivity contribution >= 4 is 11.6 Å². The zero-order valence-electron chi connectivity index (χ0n) is 11.4. The van der Waals surface area contributed by atoms with Crippen molar-refractivity contribution in [3.8, 4) is 11.4 Å². The molecule has 116 valence electrons. The van der Waals surface area contributed by atoms with Crippen LogP contribution in [-0.4, -0.2) is 28.3 Å². The van der Waals surface area contributed by atoms with Crippen molar-refractivity contribution < 1.29 is 22.5 Å². The Labute approximate surface area is 122 Å². The van der Waals surface area contributed by atoms with E-state index in [2.05, 4.69) is 20.0 Å². The van der Waals surface area contributed by atoms with Crippen LogP contribution in [0.1, 0.15) is 23.2 Å². The van der Waals surface area contributed by atoms with E-state index in [1.807, 2.05) is 0 Å². The van der Waals surface area contributed by atoms with E-state index in [0.29, 0.717) is 16.8 Å². The Morgan fingerprint density at radius 2 is 1.95 bits per heavy atom. The molecule has 0 saturated heterocycles. The van der Waals surface area contributed by atoms with Gasteiger partial charge in [-0.1, -0.05) is 17.3 Å². The van der Waals surface area contributed by atoms with E-state index in [-0.39, 0.29) is 18.3 Å². The van der Waals surface area contributed by atoms with E-state index < -0.39 is 12.1 Å². The summed E-state index contributed by atoms with van der Waals surface area (Å²) in [7, 11) is 0. The van der Waals surface area contributed by atoms with E-state index in [4.69, 9.17) is 5.41 Å². The highest BCUT2D eigenvalue weighted by molar-refractivity contribution is 5.97. The van der Waals surface area contributed by atoms with E-state index in [1.165, 1.54) is 24.3 Å². The van der Waals surface area contributed by atoms with Gasteiger partial charge in [0.25, 0.3) is 5.91 Å². The lowest BCUT2D eigenvalue weighted by Gasteiger charge is -2.04. The summed E-state index contributed by atoms with van der Waals surface area (Å²) in [6.45, 7) is 1.68. The van der Waals surface area contributed by atoms with Gasteiger partial charge in [-0.05, 0) is 19.1 Å². The monoisotopic (exact) mass is 312 g/mol. The predicted molar refractivity (Wildman–Crippen MR) is 70.5 cm³/mol. The van der Waals surface area contributed by atoms with E-state index in [1.54, 1.807) is 6.92 Å². The number of rotatable bonds is 4. The van der Waals surface area contributed by atoms with Crippen LogP contribution in [0.2, 0.25) is 0 Å². The standard InChI is InChI=1S/C13H11F3N4O2/c1-7(17)6-18-11(21)9-4-2-8(3-5-9)10-19-12(22-20-10)13(14,15)16/h2-5,17H,6H2,1H3,(H,18,21). The summed E-state index contributed by atoms with van der Waals surface area (Å²) in [5, 5.41) is 13.0. The average Bonchev–Trinajstić information content (AvgIpc) is 2.94. The van der Waals surface area contributed by atoms with Crippen molar-refractivity contribution in [3.05, 3.63) is 35.7 Å². The molecule has 0 aliphatic carbocycles. The highest BCUT2D eigenvalue weighted by atomic mass is 19.4. The molecule has 1 amide bonds. The van der Waals surface area contributed by atoms with Crippen LogP contribution in [0.3, 0.4) is 0 Å². The fraction of sp³-hybridized carbons (Fsp3) is 0.231. The number of nitrogens with one attached hydrogen (secondary N) is 2. The van der Waals surface area contributed by atoms with Gasteiger partial charge in [0, 0.05) is 16.8 Å². The maximum Gasteiger partial charge on any atom is 0.471 e. The zero-order valence-corrected chi connectivity index (χ0v) is 11.4. The summed E-state index contributed by atoms with van der Waals surface area (Å²) in [6, 6.07) is 5.68. The molecule has 0 atom stereocenters. The molecule has 2 rings (SSSR count). The molecule has 2 aromatic rings. The van der Waals surface area contributed by atoms with Crippen molar-refractivity contribution in [1.29, 1.82) is 5.41 Å². The summed E-state index contributed by atoms with van der Waals surface area (Å²) in [5.41, 5.74) is 0.903. The van der Waals surface area contributed by atoms with Gasteiger partial charge in [0.05, 0.1) is 6.54 Å². The fourth-order valence-corrected chi connectivity index (χ4v) is 1.54. The molecule has 1 heterocycles. The van der Waals surface area contributed by atoms with E-state index in [9.17, 15) is 18.0 Å². The van der Waals surface area contributed by atoms with Gasteiger partial charge in [0.2, 0.25) is 5.82 Å². The van der Waals surface area contributed by atoms with Crippen LogP contribution in [0, 0.1) is 5.41 Å². The third kappa shape index (κ3) is 3.68. The smallest absolute Gasteiger partial charge is 0.347 e. The Kier molecular flexibility index (Phi) is 4.25. The van der Waals surface area contributed by atoms with Gasteiger partial charge >= 0.3 is 12.1 Å². The number of nitrogens with zero attached hydrogens (tertiary/aromatic N) is 2. The zero-order chi connectivity index (χ0) is 16.3. The molecule has 0 fully saturated rings. The van der Waals surface area contributed by atoms with Gasteiger partial charge < -0.3 is 15.2 Å². The quantitative estimate of drug-likeness (QED) is 0.849. The normalized spacial score (nSPS) is 11.3. The second-order valence-electron chi connectivity index (χ2n) is 4.46. The lowest BCUT2D eigenvalue weighted by atomic mass is 10.1. The lowest BCUT2D eigenvalue weighted by molar-refractivity contribution is -0.159. The van der Waals surface area contributed by atoms with Crippen LogP contribution >= 0.6 is 0 Å². The number of halogens is 3. The number of hydrogen-bond acceptors (Lipinski definition) is 5. The SMILES string of the molecule is CC(=N)CNC(=O)c1ccc(-c2noc(C(F)(F)F)n2)cc1. The highest BCUT2D eigenvalue weighted by Gasteiger charge is 2.38. The van der Waals surface area contributed by atoms with E-state index in [0.717, 1.165) is 0 Å². The molecule has 0 bridgehead atoms. The minimum absolute atomic E-state index is 0.125. The van der Waals surface area contributed by atoms with Gasteiger partial charge in [-0.25, -0.2) is 0 Å². The van der Waals surface area contributed by atoms with Gasteiger partial charge in [0.15, 0.2) is 0 Å². The van der Waals surface area contributed by atoms with Crippen LogP contribution in [0.15, 0.2) is 28.8 Å². The highest BCUT2D eigenvalue weighted by Crippen LogP contribution is 2.29. The van der Waals surface area contributed by atoms with E-state index >= 15 is 0 Å². The van der Waals surface area contributed by atoms with Crippen molar-refractivity contribution in [2.45, 2.75) is 13.1 Å². The van der Waals surface area contributed by atoms with Gasteiger partial charge in [-0.2, -0.15) is 18.2 Å². The first-order valence-corrected chi connectivity index (χ1v) is 6.11. The molecular formula is C13H11F3N4O2. The lowest BCUT2D eigenvalue weighted by Crippen LogP contribution is -2.27. The summed E-state index contributed by atoms with van der Waals surface area (Å²) in [6.07, 6.45) is -4.70. The maximum absolute atomic E-state index is 12.4. The number of carbonyl (C=O) groups is 1. The topological polar surface area (TPSA) is 91.9 Å². The first-order valence-electron chi connectivity index (χ1n) is 6.11. The van der Waals surface area contributed by atoms with Crippen molar-refractivity contribution in [1.82, 2.24) is 15.5 Å². The molecule has 0 unspecified atom stereocenters. The first-order chi connectivity index (χ1) is 10.3. The Morgan fingerprint density at radius 1 is 1.32 bits per heavy atom. The molecule has 6 nitrogen and oxygen atoms in total. The van der Waals surface area contributed by atoms with Crippen LogP contribution in [0.25, 0.3) is 11.4 Å². The van der Waals surface area contributed by atoms with Crippen molar-refractivity contribution in [2.75, 3.05) is 6.54 Å². The molecule has 1 aromatic heterocycles. The van der Waals surface area contributed by atoms with Crippen LogP contribution in [-0.2, 0) is 6.18 Å². The molecule has 0 aliphatic rings. The summed E-state index contributed by atoms with van der Waals surface area (Å²) in [4.78, 5) is 15.0. The summed E-state index contributed by atoms with van der Waals surface area (Å²) >= 11 is 0. The maximum atomic E-state index is 12.4. The first kappa shape index (κ1) is 15.7. The largest absolute Gasteiger partial charge is 0.471 e. The Morgan fingerprint density at radius 3 is 2.45 bits per heavy atom. The number of amides is 1. The summed E-state index contributed by atoms with van der Waals surface area (Å²) in [5.74, 6) is -2.03. The molecular weight excluding hydrogens is 301 g/mol. The number of benzene rings is 1. The van der Waals surface area contributed by atoms with Crippen LogP contribution < -0.4 is 5.32 Å². The third-order valence-corrected chi connectivity index (χ3v) is 2.59. The van der Waals surface area contributed by atoms with Gasteiger partial charge in [0.1, 0.15) is 0 Å². The molecule has 2 N–H and O–H groups in total.